The summed E-state index contributed by atoms with van der Waals surface area (Å²) in [6.07, 6.45) is 1.38. The number of rotatable bonds is 2. The SMILES string of the molecule is O=c1[nH]c(O)cn1Cc1ccc(Br)cc1. The lowest BCUT2D eigenvalue weighted by Gasteiger charge is -2.00. The highest BCUT2D eigenvalue weighted by Crippen LogP contribution is 2.11. The monoisotopic (exact) mass is 268 g/mol. The molecule has 0 spiro atoms. The molecule has 2 rings (SSSR count). The first-order valence-corrected chi connectivity index (χ1v) is 5.17. The summed E-state index contributed by atoms with van der Waals surface area (Å²) in [7, 11) is 0. The van der Waals surface area contributed by atoms with Crippen LogP contribution in [0, 0.1) is 0 Å². The van der Waals surface area contributed by atoms with Crippen LogP contribution in [0.1, 0.15) is 5.56 Å². The summed E-state index contributed by atoms with van der Waals surface area (Å²) in [5, 5.41) is 9.07. The van der Waals surface area contributed by atoms with E-state index in [9.17, 15) is 4.79 Å². The molecule has 1 heterocycles. The van der Waals surface area contributed by atoms with Crippen LogP contribution in [-0.4, -0.2) is 14.7 Å². The highest BCUT2D eigenvalue weighted by atomic mass is 79.9. The topological polar surface area (TPSA) is 58.0 Å². The fourth-order valence-electron chi connectivity index (χ4n) is 1.32. The van der Waals surface area contributed by atoms with Gasteiger partial charge >= 0.3 is 5.69 Å². The number of H-pyrrole nitrogens is 1. The van der Waals surface area contributed by atoms with Gasteiger partial charge in [-0.1, -0.05) is 28.1 Å². The predicted octanol–water partition coefficient (Wildman–Crippen LogP) is 1.69. The van der Waals surface area contributed by atoms with Crippen molar-refractivity contribution < 1.29 is 5.11 Å². The molecule has 0 aliphatic rings. The Bertz CT molecular complexity index is 513. The van der Waals surface area contributed by atoms with Gasteiger partial charge in [0.1, 0.15) is 0 Å². The van der Waals surface area contributed by atoms with Crippen LogP contribution in [0.2, 0.25) is 0 Å². The van der Waals surface area contributed by atoms with Crippen LogP contribution >= 0.6 is 15.9 Å². The van der Waals surface area contributed by atoms with Crippen LogP contribution in [0.3, 0.4) is 0 Å². The lowest BCUT2D eigenvalue weighted by atomic mass is 10.2. The zero-order valence-electron chi connectivity index (χ0n) is 7.77. The molecule has 0 atom stereocenters. The van der Waals surface area contributed by atoms with Crippen molar-refractivity contribution in [3.63, 3.8) is 0 Å². The van der Waals surface area contributed by atoms with Crippen molar-refractivity contribution in [2.45, 2.75) is 6.54 Å². The molecule has 1 aromatic heterocycles. The Labute approximate surface area is 94.3 Å². The summed E-state index contributed by atoms with van der Waals surface area (Å²) in [4.78, 5) is 13.5. The molecule has 0 radical (unpaired) electrons. The predicted molar refractivity (Wildman–Crippen MR) is 60.0 cm³/mol. The zero-order valence-corrected chi connectivity index (χ0v) is 9.36. The summed E-state index contributed by atoms with van der Waals surface area (Å²) >= 11 is 3.33. The fourth-order valence-corrected chi connectivity index (χ4v) is 1.59. The molecule has 78 valence electrons. The Kier molecular flexibility index (Phi) is 2.64. The van der Waals surface area contributed by atoms with Crippen molar-refractivity contribution in [2.24, 2.45) is 0 Å². The average Bonchev–Trinajstić information content (AvgIpc) is 2.49. The number of hydrogen-bond donors (Lipinski definition) is 2. The molecule has 4 nitrogen and oxygen atoms in total. The van der Waals surface area contributed by atoms with Gasteiger partial charge in [0, 0.05) is 4.47 Å². The Hall–Kier alpha value is -1.49. The van der Waals surface area contributed by atoms with Gasteiger partial charge in [0.15, 0.2) is 0 Å². The van der Waals surface area contributed by atoms with E-state index in [-0.39, 0.29) is 11.6 Å². The molecule has 2 N–H and O–H groups in total. The van der Waals surface area contributed by atoms with Gasteiger partial charge in [-0.2, -0.15) is 0 Å². The number of nitrogens with zero attached hydrogens (tertiary/aromatic N) is 1. The fraction of sp³-hybridized carbons (Fsp3) is 0.100. The molecule has 0 aliphatic heterocycles. The highest BCUT2D eigenvalue weighted by molar-refractivity contribution is 9.10. The molecule has 2 aromatic rings. The van der Waals surface area contributed by atoms with Gasteiger partial charge in [-0.15, -0.1) is 0 Å². The quantitative estimate of drug-likeness (QED) is 0.871. The molecule has 1 aromatic carbocycles. The second kappa shape index (κ2) is 3.94. The van der Waals surface area contributed by atoms with E-state index in [1.165, 1.54) is 10.8 Å². The Morgan fingerprint density at radius 3 is 2.53 bits per heavy atom. The van der Waals surface area contributed by atoms with E-state index >= 15 is 0 Å². The first kappa shape index (κ1) is 10.0. The van der Waals surface area contributed by atoms with Gasteiger partial charge in [-0.05, 0) is 17.7 Å². The van der Waals surface area contributed by atoms with E-state index in [1.807, 2.05) is 24.3 Å². The van der Waals surface area contributed by atoms with Gasteiger partial charge in [0.25, 0.3) is 0 Å². The molecule has 0 fully saturated rings. The Morgan fingerprint density at radius 2 is 2.00 bits per heavy atom. The molecule has 0 aliphatic carbocycles. The summed E-state index contributed by atoms with van der Waals surface area (Å²) in [6, 6.07) is 7.65. The van der Waals surface area contributed by atoms with Crippen LogP contribution in [-0.2, 0) is 6.54 Å². The van der Waals surface area contributed by atoms with Gasteiger partial charge in [0.05, 0.1) is 12.7 Å². The molecule has 0 amide bonds. The maximum atomic E-state index is 11.2. The summed E-state index contributed by atoms with van der Waals surface area (Å²) < 4.78 is 2.41. The van der Waals surface area contributed by atoms with Gasteiger partial charge in [0.2, 0.25) is 5.88 Å². The standard InChI is InChI=1S/C10H9BrN2O2/c11-8-3-1-7(2-4-8)5-13-6-9(14)12-10(13)15/h1-4,6,14H,5H2,(H,12,15). The summed E-state index contributed by atoms with van der Waals surface area (Å²) in [5.41, 5.74) is 0.690. The van der Waals surface area contributed by atoms with E-state index in [0.29, 0.717) is 6.54 Å². The minimum Gasteiger partial charge on any atom is -0.493 e. The lowest BCUT2D eigenvalue weighted by Crippen LogP contribution is -2.16. The highest BCUT2D eigenvalue weighted by Gasteiger charge is 2.01. The zero-order chi connectivity index (χ0) is 10.8. The minimum absolute atomic E-state index is 0.114. The van der Waals surface area contributed by atoms with E-state index in [0.717, 1.165) is 10.0 Å². The molecule has 0 saturated heterocycles. The minimum atomic E-state index is -0.310. The van der Waals surface area contributed by atoms with Crippen molar-refractivity contribution in [3.8, 4) is 5.88 Å². The van der Waals surface area contributed by atoms with Crippen LogP contribution in [0.15, 0.2) is 39.7 Å². The molecular weight excluding hydrogens is 260 g/mol. The average molecular weight is 269 g/mol. The van der Waals surface area contributed by atoms with Gasteiger partial charge in [-0.3, -0.25) is 9.55 Å². The third-order valence-electron chi connectivity index (χ3n) is 2.04. The summed E-state index contributed by atoms with van der Waals surface area (Å²) in [5.74, 6) is -0.114. The normalized spacial score (nSPS) is 10.5. The van der Waals surface area contributed by atoms with Gasteiger partial charge < -0.3 is 5.11 Å². The number of aromatic nitrogens is 2. The van der Waals surface area contributed by atoms with Crippen molar-refractivity contribution in [2.75, 3.05) is 0 Å². The molecular formula is C10H9BrN2O2. The number of imidazole rings is 1. The smallest absolute Gasteiger partial charge is 0.328 e. The van der Waals surface area contributed by atoms with Crippen molar-refractivity contribution >= 4 is 15.9 Å². The lowest BCUT2D eigenvalue weighted by molar-refractivity contribution is 0.455. The molecule has 15 heavy (non-hydrogen) atoms. The van der Waals surface area contributed by atoms with E-state index in [2.05, 4.69) is 20.9 Å². The van der Waals surface area contributed by atoms with Crippen molar-refractivity contribution in [1.29, 1.82) is 0 Å². The molecule has 0 unspecified atom stereocenters. The second-order valence-electron chi connectivity index (χ2n) is 3.20. The van der Waals surface area contributed by atoms with Crippen molar-refractivity contribution in [1.82, 2.24) is 9.55 Å². The third-order valence-corrected chi connectivity index (χ3v) is 2.57. The number of aromatic hydroxyl groups is 1. The Morgan fingerprint density at radius 1 is 1.33 bits per heavy atom. The molecule has 5 heteroatoms. The maximum Gasteiger partial charge on any atom is 0.328 e. The van der Waals surface area contributed by atoms with Crippen LogP contribution in [0.25, 0.3) is 0 Å². The Balaban J connectivity index is 2.25. The first-order chi connectivity index (χ1) is 7.15. The largest absolute Gasteiger partial charge is 0.493 e. The molecule has 0 bridgehead atoms. The first-order valence-electron chi connectivity index (χ1n) is 4.38. The van der Waals surface area contributed by atoms with Crippen LogP contribution < -0.4 is 5.69 Å². The number of benzene rings is 1. The number of halogens is 1. The molecule has 0 saturated carbocycles. The maximum absolute atomic E-state index is 11.2. The number of aromatic amines is 1. The van der Waals surface area contributed by atoms with Crippen LogP contribution in [0.4, 0.5) is 0 Å². The summed E-state index contributed by atoms with van der Waals surface area (Å²) in [6.45, 7) is 0.448. The number of nitrogens with one attached hydrogen (secondary N) is 1. The van der Waals surface area contributed by atoms with Crippen molar-refractivity contribution in [3.05, 3.63) is 51.0 Å². The van der Waals surface area contributed by atoms with E-state index < -0.39 is 0 Å². The number of hydrogen-bond acceptors (Lipinski definition) is 2. The van der Waals surface area contributed by atoms with E-state index in [4.69, 9.17) is 5.11 Å². The van der Waals surface area contributed by atoms with Crippen LogP contribution in [0.5, 0.6) is 5.88 Å². The second-order valence-corrected chi connectivity index (χ2v) is 4.11. The van der Waals surface area contributed by atoms with Gasteiger partial charge in [-0.25, -0.2) is 4.79 Å². The third kappa shape index (κ3) is 2.30. The van der Waals surface area contributed by atoms with E-state index in [1.54, 1.807) is 0 Å².